The smallest absolute Gasteiger partial charge is 0.321 e. The van der Waals surface area contributed by atoms with Gasteiger partial charge in [0.25, 0.3) is 0 Å². The third-order valence-corrected chi connectivity index (χ3v) is 4.32. The van der Waals surface area contributed by atoms with Gasteiger partial charge in [-0.25, -0.2) is 4.79 Å². The Kier molecular flexibility index (Phi) is 7.34. The zero-order chi connectivity index (χ0) is 17.4. The Balaban J connectivity index is 1.72. The zero-order valence-corrected chi connectivity index (χ0v) is 14.8. The molecule has 2 rings (SSSR count). The van der Waals surface area contributed by atoms with E-state index in [1.165, 1.54) is 0 Å². The monoisotopic (exact) mass is 352 g/mol. The van der Waals surface area contributed by atoms with Crippen LogP contribution >= 0.6 is 11.6 Å². The molecule has 6 nitrogen and oxygen atoms in total. The molecule has 0 spiro atoms. The highest BCUT2D eigenvalue weighted by molar-refractivity contribution is 6.33. The average molecular weight is 353 g/mol. The molecule has 0 unspecified atom stereocenters. The highest BCUT2D eigenvalue weighted by Gasteiger charge is 2.21. The van der Waals surface area contributed by atoms with Crippen molar-refractivity contribution in [2.45, 2.75) is 19.8 Å². The third-order valence-electron chi connectivity index (χ3n) is 4.00. The number of benzene rings is 1. The van der Waals surface area contributed by atoms with Crippen molar-refractivity contribution in [1.82, 2.24) is 15.5 Å². The first kappa shape index (κ1) is 18.5. The lowest BCUT2D eigenvalue weighted by molar-refractivity contribution is -0.121. The normalized spacial score (nSPS) is 15.2. The van der Waals surface area contributed by atoms with Crippen LogP contribution in [0.3, 0.4) is 0 Å². The van der Waals surface area contributed by atoms with Gasteiger partial charge in [-0.1, -0.05) is 37.1 Å². The first-order valence-corrected chi connectivity index (χ1v) is 8.77. The highest BCUT2D eigenvalue weighted by Crippen LogP contribution is 2.25. The molecule has 7 heteroatoms. The van der Waals surface area contributed by atoms with Crippen molar-refractivity contribution in [2.75, 3.05) is 44.2 Å². The second-order valence-electron chi connectivity index (χ2n) is 5.87. The molecule has 0 radical (unpaired) electrons. The standard InChI is InChI=1S/C17H25ClN4O2/c1-2-3-8-19-17(24)20-16(23)13-21-9-11-22(12-10-21)15-7-5-4-6-14(15)18/h4-7H,2-3,8-13H2,1H3,(H2,19,20,23,24). The van der Waals surface area contributed by atoms with Gasteiger partial charge in [-0.2, -0.15) is 0 Å². The number of anilines is 1. The van der Waals surface area contributed by atoms with E-state index in [9.17, 15) is 9.59 Å². The lowest BCUT2D eigenvalue weighted by Crippen LogP contribution is -2.51. The Labute approximate surface area is 148 Å². The number of urea groups is 1. The van der Waals surface area contributed by atoms with E-state index >= 15 is 0 Å². The van der Waals surface area contributed by atoms with E-state index in [0.29, 0.717) is 6.54 Å². The molecule has 0 bridgehead atoms. The maximum atomic E-state index is 11.9. The molecular formula is C17H25ClN4O2. The van der Waals surface area contributed by atoms with Crippen LogP contribution in [0.4, 0.5) is 10.5 Å². The fourth-order valence-electron chi connectivity index (χ4n) is 2.65. The summed E-state index contributed by atoms with van der Waals surface area (Å²) >= 11 is 6.22. The number of nitrogens with zero attached hydrogens (tertiary/aromatic N) is 2. The van der Waals surface area contributed by atoms with Crippen LogP contribution in [0, 0.1) is 0 Å². The van der Waals surface area contributed by atoms with Crippen LogP contribution in [0.25, 0.3) is 0 Å². The first-order chi connectivity index (χ1) is 11.6. The van der Waals surface area contributed by atoms with Gasteiger partial charge in [0.15, 0.2) is 0 Å². The molecule has 0 atom stereocenters. The van der Waals surface area contributed by atoms with Crippen molar-refractivity contribution in [3.05, 3.63) is 29.3 Å². The molecule has 132 valence electrons. The maximum absolute atomic E-state index is 11.9. The van der Waals surface area contributed by atoms with Gasteiger partial charge in [0, 0.05) is 32.7 Å². The van der Waals surface area contributed by atoms with Crippen molar-refractivity contribution in [2.24, 2.45) is 0 Å². The van der Waals surface area contributed by atoms with Crippen molar-refractivity contribution >= 4 is 29.2 Å². The zero-order valence-electron chi connectivity index (χ0n) is 14.1. The van der Waals surface area contributed by atoms with Gasteiger partial charge in [0.2, 0.25) is 5.91 Å². The van der Waals surface area contributed by atoms with E-state index in [1.54, 1.807) is 0 Å². The summed E-state index contributed by atoms with van der Waals surface area (Å²) in [4.78, 5) is 27.7. The maximum Gasteiger partial charge on any atom is 0.321 e. The summed E-state index contributed by atoms with van der Waals surface area (Å²) in [6.45, 7) is 6.00. The molecule has 1 aromatic carbocycles. The summed E-state index contributed by atoms with van der Waals surface area (Å²) < 4.78 is 0. The van der Waals surface area contributed by atoms with Gasteiger partial charge in [-0.15, -0.1) is 0 Å². The number of unbranched alkanes of at least 4 members (excludes halogenated alkanes) is 1. The predicted octanol–water partition coefficient (Wildman–Crippen LogP) is 2.09. The molecule has 1 aliphatic heterocycles. The van der Waals surface area contributed by atoms with Gasteiger partial charge < -0.3 is 10.2 Å². The van der Waals surface area contributed by atoms with E-state index in [2.05, 4.69) is 15.5 Å². The third kappa shape index (κ3) is 5.69. The molecule has 1 aliphatic rings. The number of imide groups is 1. The Hall–Kier alpha value is -1.79. The number of para-hydroxylation sites is 1. The average Bonchev–Trinajstić information content (AvgIpc) is 2.56. The van der Waals surface area contributed by atoms with E-state index in [-0.39, 0.29) is 12.5 Å². The number of hydrogen-bond donors (Lipinski definition) is 2. The summed E-state index contributed by atoms with van der Waals surface area (Å²) in [7, 11) is 0. The Morgan fingerprint density at radius 3 is 2.54 bits per heavy atom. The van der Waals surface area contributed by atoms with E-state index in [1.807, 2.05) is 36.1 Å². The number of hydrogen-bond acceptors (Lipinski definition) is 4. The Morgan fingerprint density at radius 1 is 1.17 bits per heavy atom. The van der Waals surface area contributed by atoms with E-state index in [4.69, 9.17) is 11.6 Å². The van der Waals surface area contributed by atoms with Crippen LogP contribution in [0.15, 0.2) is 24.3 Å². The number of nitrogens with one attached hydrogen (secondary N) is 2. The van der Waals surface area contributed by atoms with Crippen molar-refractivity contribution in [1.29, 1.82) is 0 Å². The SMILES string of the molecule is CCCCNC(=O)NC(=O)CN1CCN(c2ccccc2Cl)CC1. The number of halogens is 1. The Bertz CT molecular complexity index is 559. The second-order valence-corrected chi connectivity index (χ2v) is 6.28. The fraction of sp³-hybridized carbons (Fsp3) is 0.529. The summed E-state index contributed by atoms with van der Waals surface area (Å²) in [6, 6.07) is 7.36. The Morgan fingerprint density at radius 2 is 1.88 bits per heavy atom. The van der Waals surface area contributed by atoms with Crippen LogP contribution in [0.2, 0.25) is 5.02 Å². The summed E-state index contributed by atoms with van der Waals surface area (Å²) in [5, 5.41) is 5.79. The number of piperazine rings is 1. The number of carbonyl (C=O) groups excluding carboxylic acids is 2. The van der Waals surface area contributed by atoms with Crippen molar-refractivity contribution in [3.63, 3.8) is 0 Å². The van der Waals surface area contributed by atoms with E-state index < -0.39 is 6.03 Å². The molecule has 0 saturated carbocycles. The van der Waals surface area contributed by atoms with Crippen LogP contribution in [-0.2, 0) is 4.79 Å². The molecule has 2 N–H and O–H groups in total. The minimum absolute atomic E-state index is 0.234. The number of carbonyl (C=O) groups is 2. The van der Waals surface area contributed by atoms with E-state index in [0.717, 1.165) is 49.7 Å². The fourth-order valence-corrected chi connectivity index (χ4v) is 2.90. The van der Waals surface area contributed by atoms with Gasteiger partial charge in [0.05, 0.1) is 17.3 Å². The topological polar surface area (TPSA) is 64.7 Å². The van der Waals surface area contributed by atoms with Crippen molar-refractivity contribution < 1.29 is 9.59 Å². The van der Waals surface area contributed by atoms with Crippen LogP contribution in [0.5, 0.6) is 0 Å². The van der Waals surface area contributed by atoms with Gasteiger partial charge >= 0.3 is 6.03 Å². The molecule has 1 aromatic rings. The lowest BCUT2D eigenvalue weighted by Gasteiger charge is -2.36. The van der Waals surface area contributed by atoms with Crippen LogP contribution < -0.4 is 15.5 Å². The molecule has 0 aromatic heterocycles. The first-order valence-electron chi connectivity index (χ1n) is 8.39. The molecule has 24 heavy (non-hydrogen) atoms. The minimum Gasteiger partial charge on any atom is -0.368 e. The van der Waals surface area contributed by atoms with Gasteiger partial charge in [0.1, 0.15) is 0 Å². The number of rotatable bonds is 6. The highest BCUT2D eigenvalue weighted by atomic mass is 35.5. The molecule has 0 aliphatic carbocycles. The molecule has 3 amide bonds. The molecular weight excluding hydrogens is 328 g/mol. The van der Waals surface area contributed by atoms with Gasteiger partial charge in [-0.05, 0) is 18.6 Å². The number of amides is 3. The quantitative estimate of drug-likeness (QED) is 0.769. The van der Waals surface area contributed by atoms with Crippen LogP contribution in [-0.4, -0.2) is 56.1 Å². The largest absolute Gasteiger partial charge is 0.368 e. The van der Waals surface area contributed by atoms with Crippen molar-refractivity contribution in [3.8, 4) is 0 Å². The predicted molar refractivity (Wildman–Crippen MR) is 96.6 cm³/mol. The summed E-state index contributed by atoms with van der Waals surface area (Å²) in [5.74, 6) is -0.268. The second kappa shape index (κ2) is 9.49. The molecule has 1 heterocycles. The summed E-state index contributed by atoms with van der Waals surface area (Å²) in [6.07, 6.45) is 1.91. The molecule has 1 fully saturated rings. The lowest BCUT2D eigenvalue weighted by atomic mass is 10.2. The minimum atomic E-state index is -0.414. The molecule has 1 saturated heterocycles. The summed E-state index contributed by atoms with van der Waals surface area (Å²) in [5.41, 5.74) is 1.03. The van der Waals surface area contributed by atoms with Gasteiger partial charge in [-0.3, -0.25) is 15.0 Å². The van der Waals surface area contributed by atoms with Crippen LogP contribution in [0.1, 0.15) is 19.8 Å².